The van der Waals surface area contributed by atoms with Crippen molar-refractivity contribution in [3.8, 4) is 5.75 Å². The number of amides is 2. The molecular weight excluding hydrogens is 637 g/mol. The van der Waals surface area contributed by atoms with Gasteiger partial charge in [-0.05, 0) is 62.3 Å². The van der Waals surface area contributed by atoms with Crippen LogP contribution >= 0.6 is 0 Å². The summed E-state index contributed by atoms with van der Waals surface area (Å²) in [6.07, 6.45) is -14.6. The summed E-state index contributed by atoms with van der Waals surface area (Å²) in [5.41, 5.74) is -3.61. The lowest BCUT2D eigenvalue weighted by Crippen LogP contribution is -2.40. The molecule has 250 valence electrons. The van der Waals surface area contributed by atoms with Crippen LogP contribution in [0.3, 0.4) is 0 Å². The third-order valence-electron chi connectivity index (χ3n) is 8.40. The standard InChI is InChI=1S/C29H28F9N5O3/c1-46-22-12-21-20(11-17(22)23(44)40-16-5-3-15(4-6-16)27(30,31)32)42-25(43-21)41-19-10-14(2-7-18(19)28(33,34)35)13-39-24(45)26(8-9-26)29(36,37)38/h2,7,10-12,15-16H,3-6,8-9,13H2,1H3,(H,39,45)(H,40,44)(H2,41,42,43)/t15-,16-. The second-order valence-electron chi connectivity index (χ2n) is 11.5. The van der Waals surface area contributed by atoms with Crippen molar-refractivity contribution in [2.75, 3.05) is 12.4 Å². The number of carbonyl (C=O) groups excluding carboxylic acids is 2. The van der Waals surface area contributed by atoms with E-state index in [0.717, 1.165) is 18.2 Å². The molecule has 2 aliphatic carbocycles. The van der Waals surface area contributed by atoms with Gasteiger partial charge in [0.05, 0.1) is 40.9 Å². The van der Waals surface area contributed by atoms with Crippen molar-refractivity contribution in [2.24, 2.45) is 11.3 Å². The van der Waals surface area contributed by atoms with E-state index >= 15 is 0 Å². The van der Waals surface area contributed by atoms with Crippen LogP contribution in [-0.4, -0.2) is 47.3 Å². The molecule has 0 radical (unpaired) electrons. The van der Waals surface area contributed by atoms with Crippen molar-refractivity contribution in [3.63, 3.8) is 0 Å². The minimum absolute atomic E-state index is 0.00649. The Kier molecular flexibility index (Phi) is 8.57. The van der Waals surface area contributed by atoms with Crippen LogP contribution in [0.2, 0.25) is 0 Å². The van der Waals surface area contributed by atoms with Gasteiger partial charge in [0.2, 0.25) is 11.9 Å². The van der Waals surface area contributed by atoms with Crippen LogP contribution in [0.1, 0.15) is 60.0 Å². The number of aromatic amines is 1. The van der Waals surface area contributed by atoms with E-state index in [9.17, 15) is 49.1 Å². The Morgan fingerprint density at radius 3 is 2.22 bits per heavy atom. The maximum atomic E-state index is 13.8. The van der Waals surface area contributed by atoms with Gasteiger partial charge in [-0.25, -0.2) is 4.98 Å². The van der Waals surface area contributed by atoms with E-state index in [1.165, 1.54) is 19.2 Å². The number of ether oxygens (including phenoxy) is 1. The summed E-state index contributed by atoms with van der Waals surface area (Å²) in [7, 11) is 1.28. The minimum Gasteiger partial charge on any atom is -0.496 e. The number of hydrogen-bond acceptors (Lipinski definition) is 5. The number of benzene rings is 2. The maximum absolute atomic E-state index is 13.8. The van der Waals surface area contributed by atoms with Crippen molar-refractivity contribution in [1.82, 2.24) is 20.6 Å². The molecule has 0 aliphatic heterocycles. The first kappa shape index (κ1) is 33.2. The number of aromatic nitrogens is 2. The van der Waals surface area contributed by atoms with E-state index in [0.29, 0.717) is 0 Å². The highest BCUT2D eigenvalue weighted by molar-refractivity contribution is 6.01. The summed E-state index contributed by atoms with van der Waals surface area (Å²) < 4.78 is 126. The first-order valence-electron chi connectivity index (χ1n) is 14.2. The number of H-pyrrole nitrogens is 1. The molecule has 5 rings (SSSR count). The second-order valence-corrected chi connectivity index (χ2v) is 11.5. The summed E-state index contributed by atoms with van der Waals surface area (Å²) in [6, 6.07) is 4.98. The highest BCUT2D eigenvalue weighted by Crippen LogP contribution is 2.57. The predicted molar refractivity (Wildman–Crippen MR) is 146 cm³/mol. The normalized spacial score (nSPS) is 19.9. The molecule has 2 aliphatic rings. The largest absolute Gasteiger partial charge is 0.496 e. The number of halogens is 9. The highest BCUT2D eigenvalue weighted by Gasteiger charge is 2.68. The number of fused-ring (bicyclic) bond motifs is 1. The Bertz CT molecular complexity index is 1620. The molecule has 0 bridgehead atoms. The van der Waals surface area contributed by atoms with Crippen LogP contribution in [0.5, 0.6) is 5.75 Å². The second kappa shape index (κ2) is 11.9. The number of anilines is 2. The number of hydrogen-bond donors (Lipinski definition) is 4. The van der Waals surface area contributed by atoms with Gasteiger partial charge >= 0.3 is 18.5 Å². The average Bonchev–Trinajstić information content (AvgIpc) is 3.70. The molecule has 17 heteroatoms. The van der Waals surface area contributed by atoms with Gasteiger partial charge in [0.1, 0.15) is 11.2 Å². The van der Waals surface area contributed by atoms with E-state index in [4.69, 9.17) is 4.74 Å². The molecule has 0 spiro atoms. The number of nitrogens with zero attached hydrogens (tertiary/aromatic N) is 1. The Morgan fingerprint density at radius 2 is 1.65 bits per heavy atom. The van der Waals surface area contributed by atoms with Crippen molar-refractivity contribution >= 4 is 34.5 Å². The van der Waals surface area contributed by atoms with Crippen LogP contribution in [0.25, 0.3) is 11.0 Å². The Labute approximate surface area is 255 Å². The van der Waals surface area contributed by atoms with Gasteiger partial charge in [-0.3, -0.25) is 9.59 Å². The minimum atomic E-state index is -4.84. The average molecular weight is 666 g/mol. The third kappa shape index (κ3) is 6.82. The summed E-state index contributed by atoms with van der Waals surface area (Å²) in [4.78, 5) is 32.3. The van der Waals surface area contributed by atoms with Crippen molar-refractivity contribution in [1.29, 1.82) is 0 Å². The van der Waals surface area contributed by atoms with Crippen LogP contribution < -0.4 is 20.7 Å². The van der Waals surface area contributed by atoms with E-state index in [1.807, 2.05) is 0 Å². The van der Waals surface area contributed by atoms with Crippen molar-refractivity contribution in [2.45, 2.75) is 69.6 Å². The zero-order valence-electron chi connectivity index (χ0n) is 24.1. The number of imidazole rings is 1. The molecule has 2 aromatic carbocycles. The van der Waals surface area contributed by atoms with Gasteiger partial charge in [-0.2, -0.15) is 39.5 Å². The number of nitrogens with one attached hydrogen (secondary N) is 4. The van der Waals surface area contributed by atoms with Gasteiger partial charge in [-0.1, -0.05) is 6.07 Å². The van der Waals surface area contributed by atoms with Gasteiger partial charge in [0.15, 0.2) is 0 Å². The lowest BCUT2D eigenvalue weighted by Gasteiger charge is -2.30. The molecular formula is C29H28F9N5O3. The number of rotatable bonds is 8. The number of methoxy groups -OCH3 is 1. The predicted octanol–water partition coefficient (Wildman–Crippen LogP) is 7.14. The van der Waals surface area contributed by atoms with Crippen molar-refractivity contribution in [3.05, 3.63) is 47.0 Å². The fourth-order valence-electron chi connectivity index (χ4n) is 5.57. The molecule has 1 aromatic heterocycles. The van der Waals surface area contributed by atoms with Gasteiger partial charge < -0.3 is 25.7 Å². The van der Waals surface area contributed by atoms with Crippen molar-refractivity contribution < 1.29 is 53.8 Å². The molecule has 1 heterocycles. The smallest absolute Gasteiger partial charge is 0.418 e. The lowest BCUT2D eigenvalue weighted by molar-refractivity contribution is -0.192. The highest BCUT2D eigenvalue weighted by atomic mass is 19.4. The Balaban J connectivity index is 1.34. The van der Waals surface area contributed by atoms with E-state index in [2.05, 4.69) is 25.9 Å². The fraction of sp³-hybridized carbons (Fsp3) is 0.483. The summed E-state index contributed by atoms with van der Waals surface area (Å²) >= 11 is 0. The molecule has 2 amide bonds. The molecule has 0 atom stereocenters. The monoisotopic (exact) mass is 665 g/mol. The summed E-state index contributed by atoms with van der Waals surface area (Å²) in [5, 5.41) is 7.38. The van der Waals surface area contributed by atoms with Crippen LogP contribution in [0.15, 0.2) is 30.3 Å². The third-order valence-corrected chi connectivity index (χ3v) is 8.40. The fourth-order valence-corrected chi connectivity index (χ4v) is 5.57. The first-order chi connectivity index (χ1) is 21.4. The Morgan fingerprint density at radius 1 is 0.978 bits per heavy atom. The van der Waals surface area contributed by atoms with Gasteiger partial charge in [0.25, 0.3) is 5.91 Å². The van der Waals surface area contributed by atoms with E-state index < -0.39 is 65.5 Å². The lowest BCUT2D eigenvalue weighted by atomic mass is 9.85. The summed E-state index contributed by atoms with van der Waals surface area (Å²) in [5.74, 6) is -3.41. The SMILES string of the molecule is COc1cc2[nH]c(Nc3cc(CNC(=O)C4(C(F)(F)F)CC4)ccc3C(F)(F)F)nc2cc1C(=O)N[C@H]1CC[C@H](C(F)(F)F)CC1. The van der Waals surface area contributed by atoms with Gasteiger partial charge in [-0.15, -0.1) is 0 Å². The zero-order chi connectivity index (χ0) is 33.7. The molecule has 3 aromatic rings. The van der Waals surface area contributed by atoms with Gasteiger partial charge in [0, 0.05) is 18.7 Å². The van der Waals surface area contributed by atoms with E-state index in [1.54, 1.807) is 0 Å². The number of carbonyl (C=O) groups is 2. The maximum Gasteiger partial charge on any atom is 0.418 e. The first-order valence-corrected chi connectivity index (χ1v) is 14.2. The zero-order valence-corrected chi connectivity index (χ0v) is 24.1. The molecule has 0 saturated heterocycles. The van der Waals surface area contributed by atoms with Crippen LogP contribution in [0.4, 0.5) is 51.1 Å². The topological polar surface area (TPSA) is 108 Å². The molecule has 8 nitrogen and oxygen atoms in total. The summed E-state index contributed by atoms with van der Waals surface area (Å²) in [6.45, 7) is -0.461. The molecule has 4 N–H and O–H groups in total. The number of alkyl halides is 9. The Hall–Kier alpha value is -4.18. The molecule has 46 heavy (non-hydrogen) atoms. The molecule has 2 fully saturated rings. The molecule has 0 unspecified atom stereocenters. The van der Waals surface area contributed by atoms with Crippen LogP contribution in [0, 0.1) is 11.3 Å². The van der Waals surface area contributed by atoms with E-state index in [-0.39, 0.29) is 72.4 Å². The molecule has 2 saturated carbocycles. The van der Waals surface area contributed by atoms with Crippen LogP contribution in [-0.2, 0) is 17.5 Å². The quantitative estimate of drug-likeness (QED) is 0.191.